The van der Waals surface area contributed by atoms with Crippen LogP contribution in [0.25, 0.3) is 0 Å². The van der Waals surface area contributed by atoms with Crippen LogP contribution in [0.1, 0.15) is 53.7 Å². The lowest BCUT2D eigenvalue weighted by Crippen LogP contribution is -2.27. The summed E-state index contributed by atoms with van der Waals surface area (Å²) in [6, 6.07) is 2.07. The molecular formula is C17H25NO2. The molecule has 1 aromatic carbocycles. The summed E-state index contributed by atoms with van der Waals surface area (Å²) in [5.74, 6) is -0.219. The number of rotatable bonds is 4. The first-order chi connectivity index (χ1) is 9.63. The zero-order valence-electron chi connectivity index (χ0n) is 13.1. The van der Waals surface area contributed by atoms with E-state index >= 15 is 0 Å². The van der Waals surface area contributed by atoms with E-state index in [2.05, 4.69) is 31.7 Å². The molecule has 0 bridgehead atoms. The molecule has 1 aromatic rings. The summed E-state index contributed by atoms with van der Waals surface area (Å²) < 4.78 is 5.00. The minimum atomic E-state index is -0.219. The number of carbonyl (C=O) groups excluding carboxylic acids is 1. The van der Waals surface area contributed by atoms with Gasteiger partial charge in [-0.05, 0) is 69.2 Å². The number of methoxy groups -OCH3 is 1. The van der Waals surface area contributed by atoms with Gasteiger partial charge in [0.05, 0.1) is 18.4 Å². The molecule has 20 heavy (non-hydrogen) atoms. The third kappa shape index (κ3) is 2.54. The molecular weight excluding hydrogens is 250 g/mol. The lowest BCUT2D eigenvalue weighted by atomic mass is 9.85. The van der Waals surface area contributed by atoms with Crippen LogP contribution in [0.3, 0.4) is 0 Å². The van der Waals surface area contributed by atoms with E-state index in [1.165, 1.54) is 36.6 Å². The Labute approximate surface area is 121 Å². The van der Waals surface area contributed by atoms with Crippen LogP contribution < -0.4 is 4.90 Å². The minimum Gasteiger partial charge on any atom is -0.465 e. The number of aryl methyl sites for hydroxylation is 1. The van der Waals surface area contributed by atoms with E-state index < -0.39 is 0 Å². The fourth-order valence-corrected chi connectivity index (χ4v) is 3.32. The number of hydrogen-bond donors (Lipinski definition) is 0. The third-order valence-corrected chi connectivity index (χ3v) is 4.38. The van der Waals surface area contributed by atoms with Gasteiger partial charge >= 0.3 is 5.97 Å². The van der Waals surface area contributed by atoms with Crippen molar-refractivity contribution in [1.29, 1.82) is 0 Å². The van der Waals surface area contributed by atoms with E-state index in [-0.39, 0.29) is 5.97 Å². The Kier molecular flexibility index (Phi) is 4.69. The van der Waals surface area contributed by atoms with E-state index in [1.54, 1.807) is 0 Å². The molecule has 0 unspecified atom stereocenters. The molecule has 0 aromatic heterocycles. The number of fused-ring (bicyclic) bond motifs is 1. The molecule has 3 nitrogen and oxygen atoms in total. The summed E-state index contributed by atoms with van der Waals surface area (Å²) in [6.45, 7) is 8.22. The van der Waals surface area contributed by atoms with Gasteiger partial charge in [0.1, 0.15) is 0 Å². The predicted octanol–water partition coefficient (Wildman–Crippen LogP) is 3.51. The van der Waals surface area contributed by atoms with Crippen LogP contribution in [0.2, 0.25) is 0 Å². The number of ether oxygens (including phenoxy) is 1. The monoisotopic (exact) mass is 275 g/mol. The van der Waals surface area contributed by atoms with Crippen LogP contribution in [-0.4, -0.2) is 26.2 Å². The lowest BCUT2D eigenvalue weighted by Gasteiger charge is -2.29. The zero-order valence-corrected chi connectivity index (χ0v) is 13.1. The highest BCUT2D eigenvalue weighted by atomic mass is 16.5. The first-order valence-corrected chi connectivity index (χ1v) is 7.62. The van der Waals surface area contributed by atoms with Crippen molar-refractivity contribution in [2.24, 2.45) is 0 Å². The predicted molar refractivity (Wildman–Crippen MR) is 82.7 cm³/mol. The van der Waals surface area contributed by atoms with Crippen LogP contribution in [-0.2, 0) is 17.6 Å². The number of benzene rings is 1. The van der Waals surface area contributed by atoms with Crippen molar-refractivity contribution in [1.82, 2.24) is 0 Å². The summed E-state index contributed by atoms with van der Waals surface area (Å²) in [4.78, 5) is 14.4. The summed E-state index contributed by atoms with van der Waals surface area (Å²) in [5.41, 5.74) is 5.86. The van der Waals surface area contributed by atoms with Crippen molar-refractivity contribution in [3.63, 3.8) is 0 Å². The third-order valence-electron chi connectivity index (χ3n) is 4.38. The van der Waals surface area contributed by atoms with Gasteiger partial charge in [0.25, 0.3) is 0 Å². The molecule has 0 spiro atoms. The van der Waals surface area contributed by atoms with E-state index in [0.717, 1.165) is 37.2 Å². The highest BCUT2D eigenvalue weighted by Crippen LogP contribution is 2.35. The zero-order chi connectivity index (χ0) is 14.7. The van der Waals surface area contributed by atoms with Crippen molar-refractivity contribution in [3.05, 3.63) is 28.3 Å². The molecule has 0 saturated heterocycles. The second-order valence-corrected chi connectivity index (χ2v) is 5.41. The molecule has 0 N–H and O–H groups in total. The first kappa shape index (κ1) is 14.9. The maximum atomic E-state index is 12.2. The average Bonchev–Trinajstić information content (AvgIpc) is 2.49. The smallest absolute Gasteiger partial charge is 0.339 e. The topological polar surface area (TPSA) is 29.5 Å². The fourth-order valence-electron chi connectivity index (χ4n) is 3.32. The van der Waals surface area contributed by atoms with Crippen LogP contribution >= 0.6 is 0 Å². The summed E-state index contributed by atoms with van der Waals surface area (Å²) in [5, 5.41) is 0. The Morgan fingerprint density at radius 2 is 1.90 bits per heavy atom. The van der Waals surface area contributed by atoms with Gasteiger partial charge in [-0.15, -0.1) is 0 Å². The van der Waals surface area contributed by atoms with Gasteiger partial charge in [-0.3, -0.25) is 0 Å². The number of esters is 1. The average molecular weight is 275 g/mol. The van der Waals surface area contributed by atoms with Crippen LogP contribution in [0.5, 0.6) is 0 Å². The lowest BCUT2D eigenvalue weighted by molar-refractivity contribution is 0.0601. The maximum Gasteiger partial charge on any atom is 0.339 e. The van der Waals surface area contributed by atoms with Crippen molar-refractivity contribution >= 4 is 11.7 Å². The standard InChI is InChI=1S/C17H25NO2/c1-5-18(6-2)16-12(3)14-10-8-7-9-13(14)11-15(16)17(19)20-4/h11H,5-10H2,1-4H3. The van der Waals surface area contributed by atoms with Crippen molar-refractivity contribution in [2.45, 2.75) is 46.5 Å². The highest BCUT2D eigenvalue weighted by molar-refractivity contribution is 5.97. The van der Waals surface area contributed by atoms with Crippen LogP contribution in [0.15, 0.2) is 6.07 Å². The Balaban J connectivity index is 2.64. The van der Waals surface area contributed by atoms with E-state index in [1.807, 2.05) is 0 Å². The molecule has 0 aliphatic heterocycles. The fraction of sp³-hybridized carbons (Fsp3) is 0.588. The Hall–Kier alpha value is -1.51. The number of carbonyl (C=O) groups is 1. The van der Waals surface area contributed by atoms with Gasteiger partial charge in [0, 0.05) is 13.1 Å². The van der Waals surface area contributed by atoms with Crippen molar-refractivity contribution < 1.29 is 9.53 Å². The summed E-state index contributed by atoms with van der Waals surface area (Å²) in [7, 11) is 1.46. The molecule has 110 valence electrons. The van der Waals surface area contributed by atoms with Crippen molar-refractivity contribution in [2.75, 3.05) is 25.1 Å². The molecule has 3 heteroatoms. The Morgan fingerprint density at radius 1 is 1.25 bits per heavy atom. The summed E-state index contributed by atoms with van der Waals surface area (Å²) in [6.07, 6.45) is 4.69. The molecule has 0 fully saturated rings. The van der Waals surface area contributed by atoms with Crippen molar-refractivity contribution in [3.8, 4) is 0 Å². The van der Waals surface area contributed by atoms with Gasteiger partial charge in [-0.1, -0.05) is 0 Å². The SMILES string of the molecule is CCN(CC)c1c(C(=O)OC)cc2c(c1C)CCCC2. The Bertz CT molecular complexity index is 504. The van der Waals surface area contributed by atoms with E-state index in [4.69, 9.17) is 4.74 Å². The second-order valence-electron chi connectivity index (χ2n) is 5.41. The van der Waals surface area contributed by atoms with Gasteiger partial charge in [-0.2, -0.15) is 0 Å². The molecule has 0 heterocycles. The summed E-state index contributed by atoms with van der Waals surface area (Å²) >= 11 is 0. The number of anilines is 1. The normalized spacial score (nSPS) is 13.8. The number of nitrogens with zero attached hydrogens (tertiary/aromatic N) is 1. The number of hydrogen-bond acceptors (Lipinski definition) is 3. The largest absolute Gasteiger partial charge is 0.465 e. The van der Waals surface area contributed by atoms with Crippen LogP contribution in [0, 0.1) is 6.92 Å². The molecule has 0 saturated carbocycles. The van der Waals surface area contributed by atoms with Gasteiger partial charge in [-0.25, -0.2) is 4.79 Å². The molecule has 0 amide bonds. The van der Waals surface area contributed by atoms with Gasteiger partial charge < -0.3 is 9.64 Å². The molecule has 0 atom stereocenters. The second kappa shape index (κ2) is 6.29. The highest BCUT2D eigenvalue weighted by Gasteiger charge is 2.24. The van der Waals surface area contributed by atoms with Gasteiger partial charge in [0.15, 0.2) is 0 Å². The van der Waals surface area contributed by atoms with E-state index in [0.29, 0.717) is 0 Å². The first-order valence-electron chi connectivity index (χ1n) is 7.62. The Morgan fingerprint density at radius 3 is 2.50 bits per heavy atom. The molecule has 2 rings (SSSR count). The molecule has 1 aliphatic rings. The molecule has 0 radical (unpaired) electrons. The van der Waals surface area contributed by atoms with Gasteiger partial charge in [0.2, 0.25) is 0 Å². The quantitative estimate of drug-likeness (QED) is 0.788. The van der Waals surface area contributed by atoms with Crippen LogP contribution in [0.4, 0.5) is 5.69 Å². The maximum absolute atomic E-state index is 12.2. The molecule has 1 aliphatic carbocycles. The minimum absolute atomic E-state index is 0.219. The van der Waals surface area contributed by atoms with E-state index in [9.17, 15) is 4.79 Å².